The highest BCUT2D eigenvalue weighted by atomic mass is 35.5. The molecule has 0 unspecified atom stereocenters. The summed E-state index contributed by atoms with van der Waals surface area (Å²) in [5.41, 5.74) is 9.64. The molecule has 3 rings (SSSR count). The first-order valence-corrected chi connectivity index (χ1v) is 7.38. The number of rotatable bonds is 4. The number of fused-ring (bicyclic) bond motifs is 1. The molecule has 0 atom stereocenters. The Kier molecular flexibility index (Phi) is 3.69. The molecule has 0 radical (unpaired) electrons. The summed E-state index contributed by atoms with van der Waals surface area (Å²) >= 11 is 6.42. The predicted octanol–water partition coefficient (Wildman–Crippen LogP) is 2.49. The van der Waals surface area contributed by atoms with Gasteiger partial charge in [-0.3, -0.25) is 9.36 Å². The fraction of sp³-hybridized carbons (Fsp3) is 0.333. The highest BCUT2D eigenvalue weighted by molar-refractivity contribution is 6.31. The van der Waals surface area contributed by atoms with E-state index in [-0.39, 0.29) is 0 Å². The molecule has 0 fully saturated rings. The van der Waals surface area contributed by atoms with Gasteiger partial charge in [-0.05, 0) is 12.5 Å². The monoisotopic (exact) mass is 303 g/mol. The lowest BCUT2D eigenvalue weighted by molar-refractivity contribution is 0.624. The molecule has 110 valence electrons. The normalized spacial score (nSPS) is 11.4. The summed E-state index contributed by atoms with van der Waals surface area (Å²) in [7, 11) is 1.91. The maximum atomic E-state index is 6.42. The van der Waals surface area contributed by atoms with Crippen LogP contribution >= 0.6 is 11.6 Å². The Balaban J connectivity index is 2.08. The van der Waals surface area contributed by atoms with Gasteiger partial charge in [0, 0.05) is 19.0 Å². The first kappa shape index (κ1) is 14.1. The predicted molar refractivity (Wildman–Crippen MR) is 84.3 cm³/mol. The molecular weight excluding hydrogens is 286 g/mol. The van der Waals surface area contributed by atoms with Crippen molar-refractivity contribution in [1.29, 1.82) is 0 Å². The van der Waals surface area contributed by atoms with Crippen LogP contribution in [0.5, 0.6) is 0 Å². The zero-order valence-corrected chi connectivity index (χ0v) is 12.9. The summed E-state index contributed by atoms with van der Waals surface area (Å²) in [5, 5.41) is 10.9. The topological polar surface area (TPSA) is 61.7 Å². The number of para-hydroxylation sites is 1. The molecule has 2 aromatic heterocycles. The van der Waals surface area contributed by atoms with Crippen LogP contribution in [0.25, 0.3) is 10.9 Å². The lowest BCUT2D eigenvalue weighted by Gasteiger charge is -2.05. The lowest BCUT2D eigenvalue weighted by Crippen LogP contribution is -2.08. The number of nitrogens with zero attached hydrogens (tertiary/aromatic N) is 4. The van der Waals surface area contributed by atoms with E-state index in [1.54, 1.807) is 0 Å². The molecule has 2 N–H and O–H groups in total. The molecule has 5 nitrogen and oxygen atoms in total. The standard InChI is InChI=1S/C15H18ClN5/c1-3-11-15(16)14(20(2)18-11)9-21-13-7-5-4-6-10(13)12(8-17)19-21/h4-7H,3,8-9,17H2,1-2H3. The molecule has 3 aromatic rings. The van der Waals surface area contributed by atoms with E-state index in [9.17, 15) is 0 Å². The van der Waals surface area contributed by atoms with Crippen molar-refractivity contribution in [2.24, 2.45) is 12.8 Å². The van der Waals surface area contributed by atoms with Crippen molar-refractivity contribution in [3.05, 3.63) is 46.4 Å². The molecule has 0 aliphatic carbocycles. The van der Waals surface area contributed by atoms with Gasteiger partial charge in [0.1, 0.15) is 0 Å². The number of aromatic nitrogens is 4. The molecule has 1 aromatic carbocycles. The molecular formula is C15H18ClN5. The number of nitrogens with two attached hydrogens (primary N) is 1. The van der Waals surface area contributed by atoms with Gasteiger partial charge in [-0.1, -0.05) is 36.7 Å². The van der Waals surface area contributed by atoms with Crippen LogP contribution in [0.1, 0.15) is 24.0 Å². The zero-order valence-electron chi connectivity index (χ0n) is 12.2. The number of halogens is 1. The van der Waals surface area contributed by atoms with Crippen LogP contribution < -0.4 is 5.73 Å². The summed E-state index contributed by atoms with van der Waals surface area (Å²) in [6.45, 7) is 3.06. The highest BCUT2D eigenvalue weighted by Gasteiger charge is 2.16. The van der Waals surface area contributed by atoms with Gasteiger partial charge in [0.15, 0.2) is 0 Å². The molecule has 0 bridgehead atoms. The van der Waals surface area contributed by atoms with Crippen LogP contribution in [0.4, 0.5) is 0 Å². The van der Waals surface area contributed by atoms with E-state index in [2.05, 4.69) is 10.2 Å². The van der Waals surface area contributed by atoms with E-state index in [0.29, 0.717) is 13.1 Å². The second-order valence-electron chi connectivity index (χ2n) is 5.01. The van der Waals surface area contributed by atoms with Crippen LogP contribution in [0.15, 0.2) is 24.3 Å². The largest absolute Gasteiger partial charge is 0.325 e. The zero-order chi connectivity index (χ0) is 15.0. The Bertz CT molecular complexity index is 787. The van der Waals surface area contributed by atoms with Crippen molar-refractivity contribution in [3.8, 4) is 0 Å². The van der Waals surface area contributed by atoms with E-state index in [1.165, 1.54) is 0 Å². The first-order chi connectivity index (χ1) is 10.2. The molecule has 2 heterocycles. The first-order valence-electron chi connectivity index (χ1n) is 7.00. The van der Waals surface area contributed by atoms with Crippen molar-refractivity contribution >= 4 is 22.5 Å². The molecule has 0 saturated carbocycles. The molecule has 0 aliphatic heterocycles. The van der Waals surface area contributed by atoms with Crippen molar-refractivity contribution < 1.29 is 0 Å². The molecule has 0 spiro atoms. The SMILES string of the molecule is CCc1nn(C)c(Cn2nc(CN)c3ccccc32)c1Cl. The van der Waals surface area contributed by atoms with E-state index in [0.717, 1.165) is 39.4 Å². The summed E-state index contributed by atoms with van der Waals surface area (Å²) in [5.74, 6) is 0. The molecule has 6 heteroatoms. The maximum absolute atomic E-state index is 6.42. The van der Waals surface area contributed by atoms with Crippen LogP contribution in [0.3, 0.4) is 0 Å². The molecule has 21 heavy (non-hydrogen) atoms. The number of benzene rings is 1. The lowest BCUT2D eigenvalue weighted by atomic mass is 10.2. The Morgan fingerprint density at radius 3 is 2.62 bits per heavy atom. The summed E-state index contributed by atoms with van der Waals surface area (Å²) in [6.07, 6.45) is 0.820. The molecule has 0 saturated heterocycles. The second kappa shape index (κ2) is 5.50. The minimum atomic E-state index is 0.423. The minimum absolute atomic E-state index is 0.423. The molecule has 0 aliphatic rings. The number of aryl methyl sites for hydroxylation is 2. The van der Waals surface area contributed by atoms with Crippen molar-refractivity contribution in [1.82, 2.24) is 19.6 Å². The van der Waals surface area contributed by atoms with Gasteiger partial charge in [-0.15, -0.1) is 0 Å². The average molecular weight is 304 g/mol. The summed E-state index contributed by atoms with van der Waals surface area (Å²) in [6, 6.07) is 8.10. The second-order valence-corrected chi connectivity index (χ2v) is 5.39. The van der Waals surface area contributed by atoms with Gasteiger partial charge in [0.25, 0.3) is 0 Å². The summed E-state index contributed by atoms with van der Waals surface area (Å²) < 4.78 is 3.78. The fourth-order valence-electron chi connectivity index (χ4n) is 2.60. The van der Waals surface area contributed by atoms with E-state index >= 15 is 0 Å². The third-order valence-corrected chi connectivity index (χ3v) is 4.17. The quantitative estimate of drug-likeness (QED) is 0.805. The minimum Gasteiger partial charge on any atom is -0.325 e. The van der Waals surface area contributed by atoms with Gasteiger partial charge in [-0.2, -0.15) is 10.2 Å². The van der Waals surface area contributed by atoms with Crippen molar-refractivity contribution in [2.75, 3.05) is 0 Å². The van der Waals surface area contributed by atoms with E-state index < -0.39 is 0 Å². The summed E-state index contributed by atoms with van der Waals surface area (Å²) in [4.78, 5) is 0. The fourth-order valence-corrected chi connectivity index (χ4v) is 2.95. The van der Waals surface area contributed by atoms with E-state index in [1.807, 2.05) is 47.6 Å². The van der Waals surface area contributed by atoms with Crippen LogP contribution in [-0.2, 0) is 26.6 Å². The third kappa shape index (κ3) is 2.32. The van der Waals surface area contributed by atoms with Gasteiger partial charge in [-0.25, -0.2) is 0 Å². The smallest absolute Gasteiger partial charge is 0.0869 e. The Morgan fingerprint density at radius 1 is 1.19 bits per heavy atom. The van der Waals surface area contributed by atoms with Crippen molar-refractivity contribution in [3.63, 3.8) is 0 Å². The van der Waals surface area contributed by atoms with E-state index in [4.69, 9.17) is 17.3 Å². The Labute approximate surface area is 128 Å². The Hall–Kier alpha value is -1.85. The maximum Gasteiger partial charge on any atom is 0.0869 e. The van der Waals surface area contributed by atoms with Crippen molar-refractivity contribution in [2.45, 2.75) is 26.4 Å². The van der Waals surface area contributed by atoms with Gasteiger partial charge in [0.05, 0.1) is 34.2 Å². The van der Waals surface area contributed by atoms with Gasteiger partial charge in [0.2, 0.25) is 0 Å². The Morgan fingerprint density at radius 2 is 1.95 bits per heavy atom. The van der Waals surface area contributed by atoms with Crippen LogP contribution in [0.2, 0.25) is 5.02 Å². The number of hydrogen-bond donors (Lipinski definition) is 1. The third-order valence-electron chi connectivity index (χ3n) is 3.73. The number of hydrogen-bond acceptors (Lipinski definition) is 3. The van der Waals surface area contributed by atoms with Gasteiger partial charge < -0.3 is 5.73 Å². The van der Waals surface area contributed by atoms with Crippen LogP contribution in [0, 0.1) is 0 Å². The average Bonchev–Trinajstić information content (AvgIpc) is 2.99. The highest BCUT2D eigenvalue weighted by Crippen LogP contribution is 2.24. The molecule has 0 amide bonds. The van der Waals surface area contributed by atoms with Gasteiger partial charge >= 0.3 is 0 Å². The van der Waals surface area contributed by atoms with Crippen LogP contribution in [-0.4, -0.2) is 19.6 Å².